The summed E-state index contributed by atoms with van der Waals surface area (Å²) in [6, 6.07) is 17.1. The molecule has 0 unspecified atom stereocenters. The number of aromatic amines is 1. The number of fused-ring (bicyclic) bond motifs is 2. The first kappa shape index (κ1) is 16.7. The van der Waals surface area contributed by atoms with Crippen LogP contribution in [0.2, 0.25) is 0 Å². The summed E-state index contributed by atoms with van der Waals surface area (Å²) in [4.78, 5) is 18.0. The quantitative estimate of drug-likeness (QED) is 0.740. The van der Waals surface area contributed by atoms with Crippen LogP contribution in [0, 0.1) is 0 Å². The monoisotopic (exact) mass is 347 g/mol. The van der Waals surface area contributed by atoms with Crippen LogP contribution >= 0.6 is 0 Å². The number of amides is 1. The fraction of sp³-hybridized carbons (Fsp3) is 0.318. The van der Waals surface area contributed by atoms with Gasteiger partial charge in [0.05, 0.1) is 6.54 Å². The third-order valence-corrected chi connectivity index (χ3v) is 5.37. The van der Waals surface area contributed by atoms with Crippen molar-refractivity contribution in [2.45, 2.75) is 32.2 Å². The van der Waals surface area contributed by atoms with E-state index >= 15 is 0 Å². The fourth-order valence-electron chi connectivity index (χ4n) is 3.89. The van der Waals surface area contributed by atoms with E-state index in [4.69, 9.17) is 0 Å². The highest BCUT2D eigenvalue weighted by Crippen LogP contribution is 2.29. The molecule has 1 aliphatic rings. The van der Waals surface area contributed by atoms with E-state index < -0.39 is 0 Å². The Balaban J connectivity index is 1.36. The van der Waals surface area contributed by atoms with Crippen molar-refractivity contribution in [3.8, 4) is 0 Å². The van der Waals surface area contributed by atoms with Crippen molar-refractivity contribution in [2.24, 2.45) is 0 Å². The van der Waals surface area contributed by atoms with Gasteiger partial charge >= 0.3 is 0 Å². The Kier molecular flexibility index (Phi) is 4.65. The molecule has 134 valence electrons. The molecule has 1 aromatic heterocycles. The number of para-hydroxylation sites is 2. The maximum atomic E-state index is 12.5. The second-order valence-corrected chi connectivity index (χ2v) is 7.10. The SMILES string of the molecule is C[C@H]1CCc2ccccc2N1CC(=O)NCCc1c[nH]c2ccccc12. The normalized spacial score (nSPS) is 16.5. The summed E-state index contributed by atoms with van der Waals surface area (Å²) in [7, 11) is 0. The number of nitrogens with one attached hydrogen (secondary N) is 2. The second kappa shape index (κ2) is 7.24. The number of rotatable bonds is 5. The molecule has 4 nitrogen and oxygen atoms in total. The molecule has 0 fully saturated rings. The first-order valence-electron chi connectivity index (χ1n) is 9.38. The third kappa shape index (κ3) is 3.32. The lowest BCUT2D eigenvalue weighted by Crippen LogP contribution is -2.44. The number of anilines is 1. The molecule has 4 heteroatoms. The Morgan fingerprint density at radius 1 is 1.19 bits per heavy atom. The van der Waals surface area contributed by atoms with E-state index in [1.807, 2.05) is 18.3 Å². The van der Waals surface area contributed by atoms with Crippen molar-refractivity contribution in [2.75, 3.05) is 18.0 Å². The van der Waals surface area contributed by atoms with Gasteiger partial charge in [0, 0.05) is 35.4 Å². The number of benzene rings is 2. The predicted octanol–water partition coefficient (Wildman–Crippen LogP) is 3.67. The molecular formula is C22H25N3O. The predicted molar refractivity (Wildman–Crippen MR) is 107 cm³/mol. The first-order chi connectivity index (χ1) is 12.7. The summed E-state index contributed by atoms with van der Waals surface area (Å²) in [5, 5.41) is 4.33. The van der Waals surface area contributed by atoms with Crippen molar-refractivity contribution in [3.05, 3.63) is 65.9 Å². The van der Waals surface area contributed by atoms with Gasteiger partial charge in [-0.05, 0) is 49.4 Å². The number of carbonyl (C=O) groups excluding carboxylic acids is 1. The van der Waals surface area contributed by atoms with Crippen molar-refractivity contribution < 1.29 is 4.79 Å². The lowest BCUT2D eigenvalue weighted by atomic mass is 9.96. The zero-order valence-electron chi connectivity index (χ0n) is 15.2. The van der Waals surface area contributed by atoms with Gasteiger partial charge in [0.2, 0.25) is 5.91 Å². The maximum Gasteiger partial charge on any atom is 0.239 e. The Labute approximate surface area is 154 Å². The summed E-state index contributed by atoms with van der Waals surface area (Å²) in [5.41, 5.74) is 4.94. The summed E-state index contributed by atoms with van der Waals surface area (Å²) >= 11 is 0. The standard InChI is InChI=1S/C22H25N3O/c1-16-10-11-17-6-2-5-9-21(17)25(16)15-22(26)23-13-12-18-14-24-20-8-4-3-7-19(18)20/h2-9,14,16,24H,10-13,15H2,1H3,(H,23,26)/t16-/m0/s1. The molecule has 0 radical (unpaired) electrons. The lowest BCUT2D eigenvalue weighted by Gasteiger charge is -2.36. The van der Waals surface area contributed by atoms with Gasteiger partial charge in [-0.25, -0.2) is 0 Å². The van der Waals surface area contributed by atoms with Crippen molar-refractivity contribution >= 4 is 22.5 Å². The second-order valence-electron chi connectivity index (χ2n) is 7.10. The first-order valence-corrected chi connectivity index (χ1v) is 9.38. The van der Waals surface area contributed by atoms with E-state index in [1.165, 1.54) is 22.2 Å². The Morgan fingerprint density at radius 2 is 2.00 bits per heavy atom. The molecule has 1 aliphatic heterocycles. The minimum Gasteiger partial charge on any atom is -0.361 e. The van der Waals surface area contributed by atoms with Crippen LogP contribution in [-0.4, -0.2) is 30.0 Å². The smallest absolute Gasteiger partial charge is 0.239 e. The van der Waals surface area contributed by atoms with Crippen LogP contribution in [0.15, 0.2) is 54.7 Å². The molecule has 0 aliphatic carbocycles. The van der Waals surface area contributed by atoms with Gasteiger partial charge < -0.3 is 15.2 Å². The van der Waals surface area contributed by atoms with Gasteiger partial charge in [-0.1, -0.05) is 36.4 Å². The van der Waals surface area contributed by atoms with E-state index in [9.17, 15) is 4.79 Å². The molecule has 26 heavy (non-hydrogen) atoms. The van der Waals surface area contributed by atoms with E-state index in [0.29, 0.717) is 19.1 Å². The number of H-pyrrole nitrogens is 1. The Morgan fingerprint density at radius 3 is 2.92 bits per heavy atom. The number of carbonyl (C=O) groups is 1. The van der Waals surface area contributed by atoms with Crippen LogP contribution in [-0.2, 0) is 17.6 Å². The number of hydrogen-bond acceptors (Lipinski definition) is 2. The molecule has 4 rings (SSSR count). The van der Waals surface area contributed by atoms with Crippen LogP contribution in [0.5, 0.6) is 0 Å². The molecule has 0 spiro atoms. The third-order valence-electron chi connectivity index (χ3n) is 5.37. The highest BCUT2D eigenvalue weighted by atomic mass is 16.2. The topological polar surface area (TPSA) is 48.1 Å². The Hall–Kier alpha value is -2.75. The molecule has 1 amide bonds. The molecule has 2 N–H and O–H groups in total. The molecular weight excluding hydrogens is 322 g/mol. The van der Waals surface area contributed by atoms with E-state index in [0.717, 1.165) is 24.8 Å². The number of aryl methyl sites for hydroxylation is 1. The van der Waals surface area contributed by atoms with E-state index in [-0.39, 0.29) is 5.91 Å². The maximum absolute atomic E-state index is 12.5. The molecule has 0 saturated heterocycles. The fourth-order valence-corrected chi connectivity index (χ4v) is 3.89. The van der Waals surface area contributed by atoms with Crippen molar-refractivity contribution in [1.29, 1.82) is 0 Å². The van der Waals surface area contributed by atoms with Gasteiger partial charge in [-0.2, -0.15) is 0 Å². The molecule has 3 aromatic rings. The van der Waals surface area contributed by atoms with Gasteiger partial charge in [0.25, 0.3) is 0 Å². The number of hydrogen-bond donors (Lipinski definition) is 2. The molecule has 2 heterocycles. The average molecular weight is 347 g/mol. The lowest BCUT2D eigenvalue weighted by molar-refractivity contribution is -0.119. The summed E-state index contributed by atoms with van der Waals surface area (Å²) in [6.07, 6.45) is 5.07. The van der Waals surface area contributed by atoms with Gasteiger partial charge in [-0.15, -0.1) is 0 Å². The van der Waals surface area contributed by atoms with Crippen LogP contribution < -0.4 is 10.2 Å². The Bertz CT molecular complexity index is 914. The van der Waals surface area contributed by atoms with Crippen LogP contribution in [0.1, 0.15) is 24.5 Å². The van der Waals surface area contributed by atoms with Crippen LogP contribution in [0.3, 0.4) is 0 Å². The molecule has 0 bridgehead atoms. The van der Waals surface area contributed by atoms with Crippen molar-refractivity contribution in [3.63, 3.8) is 0 Å². The minimum absolute atomic E-state index is 0.0911. The number of nitrogens with zero attached hydrogens (tertiary/aromatic N) is 1. The largest absolute Gasteiger partial charge is 0.361 e. The van der Waals surface area contributed by atoms with Crippen molar-refractivity contribution in [1.82, 2.24) is 10.3 Å². The van der Waals surface area contributed by atoms with E-state index in [1.54, 1.807) is 0 Å². The molecule has 2 aromatic carbocycles. The highest BCUT2D eigenvalue weighted by molar-refractivity contribution is 5.84. The van der Waals surface area contributed by atoms with Gasteiger partial charge in [0.1, 0.15) is 0 Å². The van der Waals surface area contributed by atoms with Gasteiger partial charge in [-0.3, -0.25) is 4.79 Å². The van der Waals surface area contributed by atoms with Crippen LogP contribution in [0.4, 0.5) is 5.69 Å². The highest BCUT2D eigenvalue weighted by Gasteiger charge is 2.24. The summed E-state index contributed by atoms with van der Waals surface area (Å²) in [5.74, 6) is 0.0911. The molecule has 1 atom stereocenters. The van der Waals surface area contributed by atoms with Crippen LogP contribution in [0.25, 0.3) is 10.9 Å². The van der Waals surface area contributed by atoms with Gasteiger partial charge in [0.15, 0.2) is 0 Å². The number of aromatic nitrogens is 1. The summed E-state index contributed by atoms with van der Waals surface area (Å²) < 4.78 is 0. The molecule has 0 saturated carbocycles. The average Bonchev–Trinajstić information content (AvgIpc) is 3.07. The van der Waals surface area contributed by atoms with E-state index in [2.05, 4.69) is 58.5 Å². The minimum atomic E-state index is 0.0911. The zero-order chi connectivity index (χ0) is 17.9. The zero-order valence-corrected chi connectivity index (χ0v) is 15.2. The summed E-state index contributed by atoms with van der Waals surface area (Å²) in [6.45, 7) is 3.28.